The smallest absolute Gasteiger partial charge is 0.435 e. The van der Waals surface area contributed by atoms with Crippen LogP contribution in [0.5, 0.6) is 0 Å². The van der Waals surface area contributed by atoms with Gasteiger partial charge in [-0.2, -0.15) is 4.99 Å². The zero-order chi connectivity index (χ0) is 11.1. The summed E-state index contributed by atoms with van der Waals surface area (Å²) in [5.74, 6) is 0. The minimum Gasteiger partial charge on any atom is -0.448 e. The molecule has 1 aromatic heterocycles. The first-order valence-electron chi connectivity index (χ1n) is 4.24. The van der Waals surface area contributed by atoms with Crippen molar-refractivity contribution in [1.29, 1.82) is 0 Å². The summed E-state index contributed by atoms with van der Waals surface area (Å²) in [7, 11) is 0. The number of ether oxygens (including phenoxy) is 1. The lowest BCUT2D eigenvalue weighted by Crippen LogP contribution is -2.09. The number of amides is 1. The maximum Gasteiger partial charge on any atom is 0.435 e. The molecule has 0 aliphatic rings. The van der Waals surface area contributed by atoms with Crippen molar-refractivity contribution < 1.29 is 9.53 Å². The number of rotatable bonds is 3. The van der Waals surface area contributed by atoms with Gasteiger partial charge in [0.15, 0.2) is 3.84 Å². The van der Waals surface area contributed by atoms with Crippen LogP contribution in [0.15, 0.2) is 29.5 Å². The third-order valence-electron chi connectivity index (χ3n) is 1.56. The highest BCUT2D eigenvalue weighted by atomic mass is 127. The van der Waals surface area contributed by atoms with Gasteiger partial charge in [0.05, 0.1) is 6.61 Å². The Kier molecular flexibility index (Phi) is 5.02. The molecule has 0 bridgehead atoms. The Morgan fingerprint density at radius 2 is 2.20 bits per heavy atom. The Morgan fingerprint density at radius 1 is 1.53 bits per heavy atom. The third-order valence-corrected chi connectivity index (χ3v) is 1.80. The molecule has 2 N–H and O–H groups in total. The lowest BCUT2D eigenvalue weighted by Gasteiger charge is -2.01. The molecule has 0 atom stereocenters. The second-order valence-electron chi connectivity index (χ2n) is 2.65. The summed E-state index contributed by atoms with van der Waals surface area (Å²) in [4.78, 5) is 18.2. The quantitative estimate of drug-likeness (QED) is 0.396. The van der Waals surface area contributed by atoms with Crippen LogP contribution in [0.25, 0.3) is 0 Å². The molecule has 1 amide bonds. The van der Waals surface area contributed by atoms with Gasteiger partial charge in [0, 0.05) is 18.8 Å². The number of nitrogens with two attached hydrogens (primary N) is 1. The number of halogens is 1. The molecule has 1 heterocycles. The normalized spacial score (nSPS) is 11.1. The molecular formula is C9H10IN3O2. The number of pyridine rings is 1. The molecule has 0 saturated carbocycles. The first kappa shape index (κ1) is 11.9. The Hall–Kier alpha value is -1.18. The first-order chi connectivity index (χ1) is 7.18. The molecule has 1 aromatic rings. The highest BCUT2D eigenvalue weighted by molar-refractivity contribution is 14.1. The maximum absolute atomic E-state index is 10.9. The van der Waals surface area contributed by atoms with Gasteiger partial charge < -0.3 is 10.5 Å². The van der Waals surface area contributed by atoms with E-state index in [1.165, 1.54) is 0 Å². The molecule has 15 heavy (non-hydrogen) atoms. The van der Waals surface area contributed by atoms with E-state index in [2.05, 4.69) is 9.98 Å². The van der Waals surface area contributed by atoms with Gasteiger partial charge in [-0.05, 0) is 40.3 Å². The molecule has 0 radical (unpaired) electrons. The Labute approximate surface area is 101 Å². The van der Waals surface area contributed by atoms with Crippen LogP contribution >= 0.6 is 22.6 Å². The van der Waals surface area contributed by atoms with Crippen LogP contribution in [0.3, 0.4) is 0 Å². The van der Waals surface area contributed by atoms with Gasteiger partial charge in [-0.25, -0.2) is 4.79 Å². The number of carbonyl (C=O) groups is 1. The molecular weight excluding hydrogens is 309 g/mol. The zero-order valence-electron chi connectivity index (χ0n) is 7.89. The van der Waals surface area contributed by atoms with Crippen molar-refractivity contribution in [3.05, 3.63) is 30.1 Å². The van der Waals surface area contributed by atoms with E-state index in [4.69, 9.17) is 10.5 Å². The maximum atomic E-state index is 10.9. The summed E-state index contributed by atoms with van der Waals surface area (Å²) >= 11 is 1.74. The molecule has 0 spiro atoms. The second kappa shape index (κ2) is 6.33. The molecule has 5 nitrogen and oxygen atoms in total. The van der Waals surface area contributed by atoms with Gasteiger partial charge in [-0.1, -0.05) is 0 Å². The van der Waals surface area contributed by atoms with Crippen molar-refractivity contribution in [1.82, 2.24) is 4.98 Å². The van der Waals surface area contributed by atoms with E-state index in [9.17, 15) is 4.79 Å². The van der Waals surface area contributed by atoms with E-state index < -0.39 is 6.09 Å². The standard InChI is InChI=1S/C9H10IN3O2/c10-8(11)13-9(14)15-6-3-7-1-4-12-5-2-7/h1-2,4-5H,3,6H2,(H2,11,13,14). The van der Waals surface area contributed by atoms with E-state index in [1.807, 2.05) is 12.1 Å². The summed E-state index contributed by atoms with van der Waals surface area (Å²) in [6.07, 6.45) is 3.37. The van der Waals surface area contributed by atoms with Gasteiger partial charge in [0.2, 0.25) is 0 Å². The molecule has 0 aliphatic heterocycles. The molecule has 1 rings (SSSR count). The summed E-state index contributed by atoms with van der Waals surface area (Å²) in [5.41, 5.74) is 6.26. The van der Waals surface area contributed by atoms with E-state index in [1.54, 1.807) is 35.0 Å². The van der Waals surface area contributed by atoms with Gasteiger partial charge in [-0.15, -0.1) is 0 Å². The molecule has 0 saturated heterocycles. The summed E-state index contributed by atoms with van der Waals surface area (Å²) in [5, 5.41) is 0. The third kappa shape index (κ3) is 5.31. The fourth-order valence-electron chi connectivity index (χ4n) is 0.925. The summed E-state index contributed by atoms with van der Waals surface area (Å²) in [6, 6.07) is 3.73. The van der Waals surface area contributed by atoms with Crippen LogP contribution in [-0.2, 0) is 11.2 Å². The van der Waals surface area contributed by atoms with Gasteiger partial charge in [-0.3, -0.25) is 4.98 Å². The highest BCUT2D eigenvalue weighted by Gasteiger charge is 2.00. The van der Waals surface area contributed by atoms with Crippen molar-refractivity contribution in [2.75, 3.05) is 6.61 Å². The first-order valence-corrected chi connectivity index (χ1v) is 5.31. The highest BCUT2D eigenvalue weighted by Crippen LogP contribution is 1.98. The van der Waals surface area contributed by atoms with E-state index >= 15 is 0 Å². The average molecular weight is 319 g/mol. The van der Waals surface area contributed by atoms with Crippen molar-refractivity contribution in [2.24, 2.45) is 10.7 Å². The molecule has 0 unspecified atom stereocenters. The number of nitrogens with zero attached hydrogens (tertiary/aromatic N) is 2. The number of hydrogen-bond donors (Lipinski definition) is 1. The lowest BCUT2D eigenvalue weighted by atomic mass is 10.2. The Morgan fingerprint density at radius 3 is 2.80 bits per heavy atom. The predicted molar refractivity (Wildman–Crippen MR) is 64.9 cm³/mol. The summed E-state index contributed by atoms with van der Waals surface area (Å²) < 4.78 is 4.99. The Bertz CT molecular complexity index is 350. The van der Waals surface area contributed by atoms with Crippen LogP contribution in [0.4, 0.5) is 4.79 Å². The van der Waals surface area contributed by atoms with Gasteiger partial charge in [0.25, 0.3) is 0 Å². The average Bonchev–Trinajstić information content (AvgIpc) is 2.18. The van der Waals surface area contributed by atoms with Gasteiger partial charge in [0.1, 0.15) is 0 Å². The fraction of sp³-hybridized carbons (Fsp3) is 0.222. The van der Waals surface area contributed by atoms with Crippen LogP contribution in [-0.4, -0.2) is 21.5 Å². The minimum atomic E-state index is -0.657. The van der Waals surface area contributed by atoms with Crippen LogP contribution < -0.4 is 5.73 Å². The largest absolute Gasteiger partial charge is 0.448 e. The van der Waals surface area contributed by atoms with Crippen molar-refractivity contribution in [2.45, 2.75) is 6.42 Å². The van der Waals surface area contributed by atoms with Crippen LogP contribution in [0.1, 0.15) is 5.56 Å². The molecule has 80 valence electrons. The van der Waals surface area contributed by atoms with Gasteiger partial charge >= 0.3 is 6.09 Å². The number of aliphatic imine (C=N–C) groups is 1. The Balaban J connectivity index is 2.28. The van der Waals surface area contributed by atoms with Crippen molar-refractivity contribution >= 4 is 32.5 Å². The zero-order valence-corrected chi connectivity index (χ0v) is 10.0. The minimum absolute atomic E-state index is 0.168. The van der Waals surface area contributed by atoms with E-state index in [0.717, 1.165) is 5.56 Å². The van der Waals surface area contributed by atoms with E-state index in [0.29, 0.717) is 6.42 Å². The second-order valence-corrected chi connectivity index (χ2v) is 3.76. The number of amidine groups is 1. The fourth-order valence-corrected chi connectivity index (χ4v) is 1.12. The molecule has 0 aliphatic carbocycles. The number of carbonyl (C=O) groups excluding carboxylic acids is 1. The van der Waals surface area contributed by atoms with Crippen LogP contribution in [0.2, 0.25) is 0 Å². The lowest BCUT2D eigenvalue weighted by molar-refractivity contribution is 0.159. The summed E-state index contributed by atoms with van der Waals surface area (Å²) in [6.45, 7) is 0.288. The monoisotopic (exact) mass is 319 g/mol. The molecule has 0 fully saturated rings. The number of aromatic nitrogens is 1. The van der Waals surface area contributed by atoms with Crippen molar-refractivity contribution in [3.8, 4) is 0 Å². The van der Waals surface area contributed by atoms with Crippen molar-refractivity contribution in [3.63, 3.8) is 0 Å². The number of hydrogen-bond acceptors (Lipinski definition) is 3. The topological polar surface area (TPSA) is 77.6 Å². The SMILES string of the molecule is NC(I)=NC(=O)OCCc1ccncc1. The predicted octanol–water partition coefficient (Wildman–Crippen LogP) is 1.51. The molecule has 0 aromatic carbocycles. The van der Waals surface area contributed by atoms with Crippen LogP contribution in [0, 0.1) is 0 Å². The molecule has 6 heteroatoms. The van der Waals surface area contributed by atoms with E-state index in [-0.39, 0.29) is 10.4 Å².